The van der Waals surface area contributed by atoms with Crippen LogP contribution < -0.4 is 10.6 Å². The Morgan fingerprint density at radius 3 is 2.69 bits per heavy atom. The molecular weight excluding hydrogens is 172 g/mol. The molecule has 0 fully saturated rings. The SMILES string of the molecule is CC(=O)NC(=O)Nc1cnccn1. The van der Waals surface area contributed by atoms with Crippen molar-refractivity contribution in [2.75, 3.05) is 5.32 Å². The first-order chi connectivity index (χ1) is 6.18. The summed E-state index contributed by atoms with van der Waals surface area (Å²) in [6.07, 6.45) is 4.29. The summed E-state index contributed by atoms with van der Waals surface area (Å²) in [5.41, 5.74) is 0. The third kappa shape index (κ3) is 3.28. The number of amides is 3. The Bertz CT molecular complexity index is 312. The van der Waals surface area contributed by atoms with Crippen LogP contribution in [0.15, 0.2) is 18.6 Å². The second-order valence-electron chi connectivity index (χ2n) is 2.23. The Kier molecular flexibility index (Phi) is 2.91. The Morgan fingerprint density at radius 2 is 2.15 bits per heavy atom. The number of urea groups is 1. The van der Waals surface area contributed by atoms with Gasteiger partial charge < -0.3 is 0 Å². The highest BCUT2D eigenvalue weighted by Crippen LogP contribution is 1.95. The van der Waals surface area contributed by atoms with E-state index < -0.39 is 11.9 Å². The molecule has 1 heterocycles. The first-order valence-corrected chi connectivity index (χ1v) is 3.53. The van der Waals surface area contributed by atoms with Crippen molar-refractivity contribution in [3.63, 3.8) is 0 Å². The van der Waals surface area contributed by atoms with E-state index in [0.29, 0.717) is 5.82 Å². The molecule has 0 unspecified atom stereocenters. The van der Waals surface area contributed by atoms with E-state index in [1.165, 1.54) is 25.5 Å². The van der Waals surface area contributed by atoms with Gasteiger partial charge in [-0.25, -0.2) is 9.78 Å². The number of hydrogen-bond acceptors (Lipinski definition) is 4. The van der Waals surface area contributed by atoms with Gasteiger partial charge in [0.25, 0.3) is 0 Å². The summed E-state index contributed by atoms with van der Waals surface area (Å²) in [6.45, 7) is 1.25. The van der Waals surface area contributed by atoms with Crippen LogP contribution in [-0.2, 0) is 4.79 Å². The first-order valence-electron chi connectivity index (χ1n) is 3.53. The molecule has 2 N–H and O–H groups in total. The molecule has 3 amide bonds. The molecule has 68 valence electrons. The molecule has 1 rings (SSSR count). The van der Waals surface area contributed by atoms with Crippen molar-refractivity contribution < 1.29 is 9.59 Å². The lowest BCUT2D eigenvalue weighted by atomic mass is 10.6. The maximum atomic E-state index is 10.9. The molecular formula is C7H8N4O2. The molecule has 0 saturated carbocycles. The van der Waals surface area contributed by atoms with Crippen molar-refractivity contribution in [1.82, 2.24) is 15.3 Å². The van der Waals surface area contributed by atoms with Crippen molar-refractivity contribution in [1.29, 1.82) is 0 Å². The van der Waals surface area contributed by atoms with E-state index in [9.17, 15) is 9.59 Å². The Morgan fingerprint density at radius 1 is 1.38 bits per heavy atom. The summed E-state index contributed by atoms with van der Waals surface area (Å²) >= 11 is 0. The molecule has 1 aromatic heterocycles. The zero-order valence-corrected chi connectivity index (χ0v) is 6.94. The largest absolute Gasteiger partial charge is 0.327 e. The molecule has 0 aliphatic rings. The topological polar surface area (TPSA) is 84.0 Å². The van der Waals surface area contributed by atoms with Gasteiger partial charge in [0.05, 0.1) is 6.20 Å². The smallest absolute Gasteiger partial charge is 0.291 e. The van der Waals surface area contributed by atoms with Crippen molar-refractivity contribution >= 4 is 17.8 Å². The molecule has 6 nitrogen and oxygen atoms in total. The van der Waals surface area contributed by atoms with E-state index in [0.717, 1.165) is 0 Å². The maximum Gasteiger partial charge on any atom is 0.327 e. The van der Waals surface area contributed by atoms with E-state index in [1.54, 1.807) is 0 Å². The Hall–Kier alpha value is -1.98. The molecule has 13 heavy (non-hydrogen) atoms. The quantitative estimate of drug-likeness (QED) is 0.644. The van der Waals surface area contributed by atoms with Crippen molar-refractivity contribution in [2.24, 2.45) is 0 Å². The third-order valence-electron chi connectivity index (χ3n) is 1.09. The van der Waals surface area contributed by atoms with Gasteiger partial charge in [-0.05, 0) is 0 Å². The van der Waals surface area contributed by atoms with Gasteiger partial charge in [0, 0.05) is 19.3 Å². The molecule has 0 spiro atoms. The lowest BCUT2D eigenvalue weighted by Gasteiger charge is -2.01. The fourth-order valence-corrected chi connectivity index (χ4v) is 0.671. The molecule has 0 aromatic carbocycles. The van der Waals surface area contributed by atoms with Gasteiger partial charge in [0.1, 0.15) is 0 Å². The maximum absolute atomic E-state index is 10.9. The molecule has 0 aliphatic carbocycles. The van der Waals surface area contributed by atoms with Crippen LogP contribution in [0.5, 0.6) is 0 Å². The Balaban J connectivity index is 2.50. The van der Waals surface area contributed by atoms with Gasteiger partial charge in [0.2, 0.25) is 5.91 Å². The van der Waals surface area contributed by atoms with Crippen LogP contribution in [0.2, 0.25) is 0 Å². The lowest BCUT2D eigenvalue weighted by Crippen LogP contribution is -2.32. The van der Waals surface area contributed by atoms with E-state index in [-0.39, 0.29) is 0 Å². The van der Waals surface area contributed by atoms with Crippen LogP contribution in [0.1, 0.15) is 6.92 Å². The van der Waals surface area contributed by atoms with Gasteiger partial charge in [-0.3, -0.25) is 20.4 Å². The second-order valence-corrected chi connectivity index (χ2v) is 2.23. The number of hydrogen-bond donors (Lipinski definition) is 2. The summed E-state index contributed by atoms with van der Waals surface area (Å²) in [6, 6.07) is -0.618. The van der Waals surface area contributed by atoms with Crippen LogP contribution in [-0.4, -0.2) is 21.9 Å². The first kappa shape index (κ1) is 9.11. The summed E-state index contributed by atoms with van der Waals surface area (Å²) in [7, 11) is 0. The normalized spacial score (nSPS) is 9.00. The Labute approximate surface area is 74.4 Å². The lowest BCUT2D eigenvalue weighted by molar-refractivity contribution is -0.117. The fourth-order valence-electron chi connectivity index (χ4n) is 0.671. The average molecular weight is 180 g/mol. The van der Waals surface area contributed by atoms with Crippen LogP contribution in [0.3, 0.4) is 0 Å². The predicted octanol–water partition coefficient (Wildman–Crippen LogP) is 0.145. The standard InChI is InChI=1S/C7H8N4O2/c1-5(12)10-7(13)11-6-4-8-2-3-9-6/h2-4H,1H3,(H2,9,10,11,12,13). The zero-order valence-electron chi connectivity index (χ0n) is 6.94. The van der Waals surface area contributed by atoms with Crippen molar-refractivity contribution in [2.45, 2.75) is 6.92 Å². The second kappa shape index (κ2) is 4.15. The number of nitrogens with zero attached hydrogens (tertiary/aromatic N) is 2. The highest BCUT2D eigenvalue weighted by Gasteiger charge is 2.02. The average Bonchev–Trinajstić information content (AvgIpc) is 2.04. The number of rotatable bonds is 1. The molecule has 0 atom stereocenters. The molecule has 1 aromatic rings. The summed E-state index contributed by atoms with van der Waals surface area (Å²) in [5, 5.41) is 4.36. The molecule has 0 aliphatic heterocycles. The van der Waals surface area contributed by atoms with Gasteiger partial charge in [-0.15, -0.1) is 0 Å². The molecule has 6 heteroatoms. The van der Waals surface area contributed by atoms with E-state index in [2.05, 4.69) is 15.3 Å². The van der Waals surface area contributed by atoms with E-state index in [4.69, 9.17) is 0 Å². The summed E-state index contributed by atoms with van der Waals surface area (Å²) < 4.78 is 0. The van der Waals surface area contributed by atoms with E-state index in [1.807, 2.05) is 5.32 Å². The molecule has 0 saturated heterocycles. The fraction of sp³-hybridized carbons (Fsp3) is 0.143. The monoisotopic (exact) mass is 180 g/mol. The highest BCUT2D eigenvalue weighted by molar-refractivity contribution is 5.99. The summed E-state index contributed by atoms with van der Waals surface area (Å²) in [4.78, 5) is 28.9. The van der Waals surface area contributed by atoms with Crippen LogP contribution in [0.25, 0.3) is 0 Å². The minimum absolute atomic E-state index is 0.293. The van der Waals surface area contributed by atoms with Gasteiger partial charge in [0.15, 0.2) is 5.82 Å². The predicted molar refractivity (Wildman–Crippen MR) is 44.9 cm³/mol. The highest BCUT2D eigenvalue weighted by atomic mass is 16.2. The summed E-state index contributed by atoms with van der Waals surface area (Å²) in [5.74, 6) is -0.136. The minimum Gasteiger partial charge on any atom is -0.291 e. The van der Waals surface area contributed by atoms with Crippen LogP contribution in [0.4, 0.5) is 10.6 Å². The van der Waals surface area contributed by atoms with Crippen LogP contribution >= 0.6 is 0 Å². The van der Waals surface area contributed by atoms with E-state index >= 15 is 0 Å². The van der Waals surface area contributed by atoms with Crippen molar-refractivity contribution in [3.8, 4) is 0 Å². The number of imide groups is 1. The van der Waals surface area contributed by atoms with Crippen molar-refractivity contribution in [3.05, 3.63) is 18.6 Å². The van der Waals surface area contributed by atoms with Gasteiger partial charge >= 0.3 is 6.03 Å². The van der Waals surface area contributed by atoms with Gasteiger partial charge in [-0.1, -0.05) is 0 Å². The number of aromatic nitrogens is 2. The molecule has 0 radical (unpaired) electrons. The van der Waals surface area contributed by atoms with Gasteiger partial charge in [-0.2, -0.15) is 0 Å². The van der Waals surface area contributed by atoms with Crippen LogP contribution in [0, 0.1) is 0 Å². The zero-order chi connectivity index (χ0) is 9.68. The number of carbonyl (C=O) groups excluding carboxylic acids is 2. The molecule has 0 bridgehead atoms. The number of anilines is 1. The minimum atomic E-state index is -0.618. The number of nitrogens with one attached hydrogen (secondary N) is 2. The number of carbonyl (C=O) groups is 2. The third-order valence-corrected chi connectivity index (χ3v) is 1.09.